The van der Waals surface area contributed by atoms with Crippen LogP contribution in [-0.4, -0.2) is 36.8 Å². The fraction of sp³-hybridized carbons (Fsp3) is 0.250. The summed E-state index contributed by atoms with van der Waals surface area (Å²) in [5, 5.41) is 19.2. The van der Waals surface area contributed by atoms with E-state index in [0.717, 1.165) is 34.3 Å². The fourth-order valence-electron chi connectivity index (χ4n) is 3.68. The van der Waals surface area contributed by atoms with Crippen LogP contribution in [0.3, 0.4) is 0 Å². The number of benzene rings is 2. The average Bonchev–Trinajstić information content (AvgIpc) is 3.47. The lowest BCUT2D eigenvalue weighted by Gasteiger charge is -2.06. The number of aromatic amines is 1. The van der Waals surface area contributed by atoms with Crippen LogP contribution in [0.2, 0.25) is 5.02 Å². The van der Waals surface area contributed by atoms with Crippen molar-refractivity contribution < 1.29 is 14.8 Å². The van der Waals surface area contributed by atoms with Crippen LogP contribution >= 0.6 is 11.6 Å². The first kappa shape index (κ1) is 23.5. The van der Waals surface area contributed by atoms with Gasteiger partial charge in [-0.15, -0.1) is 0 Å². The lowest BCUT2D eigenvalue weighted by Crippen LogP contribution is -2.17. The van der Waals surface area contributed by atoms with Crippen molar-refractivity contribution in [1.82, 2.24) is 25.2 Å². The van der Waals surface area contributed by atoms with Gasteiger partial charge in [0.2, 0.25) is 11.8 Å². The fourth-order valence-corrected chi connectivity index (χ4v) is 3.81. The maximum absolute atomic E-state index is 12.2. The minimum atomic E-state index is -0.417. The third kappa shape index (κ3) is 6.00. The number of halogens is 1. The normalized spacial score (nSPS) is 11.0. The van der Waals surface area contributed by atoms with E-state index < -0.39 is 5.91 Å². The molecule has 2 heterocycles. The van der Waals surface area contributed by atoms with Crippen molar-refractivity contribution in [2.24, 2.45) is 0 Å². The molecule has 4 aromatic rings. The quantitative estimate of drug-likeness (QED) is 0.151. The van der Waals surface area contributed by atoms with Gasteiger partial charge in [-0.05, 0) is 42.7 Å². The number of hydrogen-bond donors (Lipinski definition) is 4. The smallest absolute Gasteiger partial charge is 0.243 e. The van der Waals surface area contributed by atoms with Crippen LogP contribution in [0.5, 0.6) is 0 Å². The Balaban J connectivity index is 1.37. The van der Waals surface area contributed by atoms with Crippen LogP contribution in [-0.2, 0) is 16.1 Å². The highest BCUT2D eigenvalue weighted by molar-refractivity contribution is 6.30. The van der Waals surface area contributed by atoms with Gasteiger partial charge in [0.25, 0.3) is 0 Å². The summed E-state index contributed by atoms with van der Waals surface area (Å²) in [7, 11) is 0. The van der Waals surface area contributed by atoms with Crippen molar-refractivity contribution in [3.8, 4) is 11.3 Å². The number of nitrogens with zero attached hydrogens (tertiary/aromatic N) is 3. The molecule has 0 atom stereocenters. The summed E-state index contributed by atoms with van der Waals surface area (Å²) in [6, 6.07) is 15.5. The Morgan fingerprint density at radius 3 is 2.53 bits per heavy atom. The largest absolute Gasteiger partial charge is 0.326 e. The number of H-pyrrole nitrogens is 1. The molecule has 34 heavy (non-hydrogen) atoms. The molecular weight excluding hydrogens is 456 g/mol. The molecule has 0 aliphatic rings. The highest BCUT2D eigenvalue weighted by atomic mass is 35.5. The molecule has 176 valence electrons. The number of hydroxylamine groups is 1. The third-order valence-corrected chi connectivity index (χ3v) is 5.73. The molecule has 2 amide bonds. The average molecular weight is 481 g/mol. The highest BCUT2D eigenvalue weighted by Gasteiger charge is 2.10. The number of amides is 2. The lowest BCUT2D eigenvalue weighted by atomic mass is 10.1. The van der Waals surface area contributed by atoms with E-state index in [-0.39, 0.29) is 12.3 Å². The summed E-state index contributed by atoms with van der Waals surface area (Å²) in [6.07, 6.45) is 4.37. The summed E-state index contributed by atoms with van der Waals surface area (Å²) in [6.45, 7) is 0.673. The first-order valence-electron chi connectivity index (χ1n) is 11.0. The van der Waals surface area contributed by atoms with E-state index in [1.165, 1.54) is 0 Å². The summed E-state index contributed by atoms with van der Waals surface area (Å²) in [5.74, 6) is -0.102. The highest BCUT2D eigenvalue weighted by Crippen LogP contribution is 2.25. The summed E-state index contributed by atoms with van der Waals surface area (Å²) < 4.78 is 2.07. The molecule has 0 aliphatic heterocycles. The number of unbranched alkanes of at least 4 members (excludes halogenated alkanes) is 2. The number of nitrogens with one attached hydrogen (secondary N) is 3. The van der Waals surface area contributed by atoms with E-state index in [9.17, 15) is 9.59 Å². The molecule has 0 saturated carbocycles. The SMILES string of the molecule is O=C(CCCCCC(=O)Nc1cc(-c2ccc3ncn(Cc4ccc(Cl)cc4)c3c2)[nH]n1)NO. The maximum Gasteiger partial charge on any atom is 0.243 e. The number of hydrogen-bond acceptors (Lipinski definition) is 5. The Morgan fingerprint density at radius 2 is 1.76 bits per heavy atom. The van der Waals surface area contributed by atoms with Crippen LogP contribution in [0.1, 0.15) is 37.7 Å². The lowest BCUT2D eigenvalue weighted by molar-refractivity contribution is -0.129. The number of anilines is 1. The Morgan fingerprint density at radius 1 is 1.00 bits per heavy atom. The molecule has 4 rings (SSSR count). The van der Waals surface area contributed by atoms with Crippen molar-refractivity contribution >= 4 is 40.3 Å². The molecule has 0 spiro atoms. The van der Waals surface area contributed by atoms with Crippen molar-refractivity contribution in [3.05, 3.63) is 65.4 Å². The van der Waals surface area contributed by atoms with Crippen molar-refractivity contribution in [2.45, 2.75) is 38.6 Å². The zero-order valence-corrected chi connectivity index (χ0v) is 19.2. The topological polar surface area (TPSA) is 125 Å². The number of carbonyl (C=O) groups excluding carboxylic acids is 2. The summed E-state index contributed by atoms with van der Waals surface area (Å²) in [4.78, 5) is 27.7. The van der Waals surface area contributed by atoms with Gasteiger partial charge in [-0.25, -0.2) is 10.5 Å². The Labute approximate surface area is 201 Å². The molecule has 9 nitrogen and oxygen atoms in total. The van der Waals surface area contributed by atoms with E-state index in [0.29, 0.717) is 36.6 Å². The molecule has 10 heteroatoms. The molecule has 2 aromatic carbocycles. The Hall–Kier alpha value is -3.69. The molecule has 0 fully saturated rings. The van der Waals surface area contributed by atoms with Gasteiger partial charge in [0.1, 0.15) is 0 Å². The molecule has 4 N–H and O–H groups in total. The maximum atomic E-state index is 12.2. The van der Waals surface area contributed by atoms with Gasteiger partial charge in [0, 0.05) is 36.0 Å². The Kier molecular flexibility index (Phi) is 7.56. The van der Waals surface area contributed by atoms with Crippen LogP contribution in [0.25, 0.3) is 22.3 Å². The van der Waals surface area contributed by atoms with Crippen LogP contribution in [0.4, 0.5) is 5.82 Å². The third-order valence-electron chi connectivity index (χ3n) is 5.48. The van der Waals surface area contributed by atoms with Crippen LogP contribution in [0, 0.1) is 0 Å². The van der Waals surface area contributed by atoms with Gasteiger partial charge in [-0.3, -0.25) is 19.9 Å². The van der Waals surface area contributed by atoms with Gasteiger partial charge in [0.15, 0.2) is 5.82 Å². The minimum absolute atomic E-state index is 0.138. The van der Waals surface area contributed by atoms with Crippen LogP contribution in [0.15, 0.2) is 54.9 Å². The zero-order chi connectivity index (χ0) is 23.9. The standard InChI is InChI=1S/C24H25ClN6O3/c25-18-9-6-16(7-10-18)14-31-15-26-19-11-8-17(12-21(19)31)20-13-22(29-28-20)27-23(32)4-2-1-3-5-24(33)30-34/h6-13,15,34H,1-5,14H2,(H,30,33)(H2,27,28,29,32). The predicted molar refractivity (Wildman–Crippen MR) is 130 cm³/mol. The number of rotatable bonds is 10. The van der Waals surface area contributed by atoms with Crippen molar-refractivity contribution in [2.75, 3.05) is 5.32 Å². The molecular formula is C24H25ClN6O3. The monoisotopic (exact) mass is 480 g/mol. The second-order valence-corrected chi connectivity index (χ2v) is 8.45. The summed E-state index contributed by atoms with van der Waals surface area (Å²) >= 11 is 5.99. The number of imidazole rings is 1. The molecule has 0 bridgehead atoms. The molecule has 0 unspecified atom stereocenters. The molecule has 2 aromatic heterocycles. The first-order chi connectivity index (χ1) is 16.5. The Bertz CT molecular complexity index is 1280. The van der Waals surface area contributed by atoms with Gasteiger partial charge < -0.3 is 9.88 Å². The number of fused-ring (bicyclic) bond motifs is 1. The molecule has 0 aliphatic carbocycles. The van der Waals surface area contributed by atoms with Gasteiger partial charge >= 0.3 is 0 Å². The zero-order valence-electron chi connectivity index (χ0n) is 18.4. The van der Waals surface area contributed by atoms with Gasteiger partial charge in [0.05, 0.1) is 23.1 Å². The molecule has 0 radical (unpaired) electrons. The van der Waals surface area contributed by atoms with E-state index in [2.05, 4.69) is 25.1 Å². The predicted octanol–water partition coefficient (Wildman–Crippen LogP) is 4.52. The molecule has 0 saturated heterocycles. The number of aromatic nitrogens is 4. The summed E-state index contributed by atoms with van der Waals surface area (Å²) in [5.41, 5.74) is 6.31. The van der Waals surface area contributed by atoms with E-state index in [1.54, 1.807) is 11.5 Å². The van der Waals surface area contributed by atoms with E-state index in [1.807, 2.05) is 48.8 Å². The van der Waals surface area contributed by atoms with Gasteiger partial charge in [-0.2, -0.15) is 5.10 Å². The van der Waals surface area contributed by atoms with E-state index >= 15 is 0 Å². The van der Waals surface area contributed by atoms with E-state index in [4.69, 9.17) is 16.8 Å². The van der Waals surface area contributed by atoms with Crippen molar-refractivity contribution in [1.29, 1.82) is 0 Å². The second-order valence-electron chi connectivity index (χ2n) is 8.01. The van der Waals surface area contributed by atoms with Crippen LogP contribution < -0.4 is 10.8 Å². The number of carbonyl (C=O) groups is 2. The van der Waals surface area contributed by atoms with Gasteiger partial charge in [-0.1, -0.05) is 36.2 Å². The first-order valence-corrected chi connectivity index (χ1v) is 11.4. The second kappa shape index (κ2) is 11.0. The minimum Gasteiger partial charge on any atom is -0.326 e. The van der Waals surface area contributed by atoms with Crippen molar-refractivity contribution in [3.63, 3.8) is 0 Å².